The third-order valence-electron chi connectivity index (χ3n) is 2.89. The molecule has 0 fully saturated rings. The largest absolute Gasteiger partial charge is 0.0922 e. The van der Waals surface area contributed by atoms with Crippen LogP contribution in [-0.4, -0.2) is 5.33 Å². The standard InChI is InChI=1S/C13H19Br/c1-4-13(3,10-14)9-12-7-5-6-11(2)8-12/h5-8H,4,9-10H2,1-3H3. The molecule has 1 aromatic carbocycles. The monoisotopic (exact) mass is 254 g/mol. The fourth-order valence-electron chi connectivity index (χ4n) is 1.58. The van der Waals surface area contributed by atoms with Gasteiger partial charge >= 0.3 is 0 Å². The molecule has 1 heteroatoms. The quantitative estimate of drug-likeness (QED) is 0.702. The summed E-state index contributed by atoms with van der Waals surface area (Å²) in [4.78, 5) is 0. The maximum Gasteiger partial charge on any atom is 0.00884 e. The van der Waals surface area contributed by atoms with Crippen LogP contribution in [0, 0.1) is 12.3 Å². The second-order valence-electron chi connectivity index (χ2n) is 4.46. The summed E-state index contributed by atoms with van der Waals surface area (Å²) in [6.45, 7) is 6.75. The van der Waals surface area contributed by atoms with Gasteiger partial charge in [0, 0.05) is 5.33 Å². The predicted octanol–water partition coefficient (Wildman–Crippen LogP) is 4.35. The lowest BCUT2D eigenvalue weighted by Gasteiger charge is -2.25. The molecule has 0 aliphatic rings. The van der Waals surface area contributed by atoms with Gasteiger partial charge in [0.1, 0.15) is 0 Å². The highest BCUT2D eigenvalue weighted by Gasteiger charge is 2.20. The molecule has 1 atom stereocenters. The molecule has 0 amide bonds. The van der Waals surface area contributed by atoms with E-state index in [9.17, 15) is 0 Å². The van der Waals surface area contributed by atoms with E-state index in [1.54, 1.807) is 0 Å². The zero-order valence-corrected chi connectivity index (χ0v) is 10.9. The number of hydrogen-bond acceptors (Lipinski definition) is 0. The van der Waals surface area contributed by atoms with Gasteiger partial charge in [-0.2, -0.15) is 0 Å². The topological polar surface area (TPSA) is 0 Å². The van der Waals surface area contributed by atoms with Crippen molar-refractivity contribution in [3.8, 4) is 0 Å². The van der Waals surface area contributed by atoms with E-state index in [1.807, 2.05) is 0 Å². The summed E-state index contributed by atoms with van der Waals surface area (Å²) in [7, 11) is 0. The van der Waals surface area contributed by atoms with E-state index in [0.717, 1.165) is 11.8 Å². The van der Waals surface area contributed by atoms with Gasteiger partial charge in [0.05, 0.1) is 0 Å². The zero-order chi connectivity index (χ0) is 10.6. The highest BCUT2D eigenvalue weighted by molar-refractivity contribution is 9.09. The molecule has 14 heavy (non-hydrogen) atoms. The van der Waals surface area contributed by atoms with Crippen LogP contribution < -0.4 is 0 Å². The normalized spacial score (nSPS) is 15.1. The van der Waals surface area contributed by atoms with Crippen molar-refractivity contribution >= 4 is 15.9 Å². The molecule has 0 aromatic heterocycles. The number of rotatable bonds is 4. The zero-order valence-electron chi connectivity index (χ0n) is 9.31. The van der Waals surface area contributed by atoms with E-state index < -0.39 is 0 Å². The SMILES string of the molecule is CCC(C)(CBr)Cc1cccc(C)c1. The molecule has 0 spiro atoms. The summed E-state index contributed by atoms with van der Waals surface area (Å²) in [5, 5.41) is 1.07. The molecule has 0 heterocycles. The van der Waals surface area contributed by atoms with Crippen LogP contribution in [0.2, 0.25) is 0 Å². The third kappa shape index (κ3) is 3.13. The van der Waals surface area contributed by atoms with Gasteiger partial charge in [-0.1, -0.05) is 59.6 Å². The molecule has 1 aromatic rings. The smallest absolute Gasteiger partial charge is 0.00884 e. The van der Waals surface area contributed by atoms with Gasteiger partial charge in [0.2, 0.25) is 0 Å². The summed E-state index contributed by atoms with van der Waals surface area (Å²) in [6, 6.07) is 8.82. The fraction of sp³-hybridized carbons (Fsp3) is 0.538. The van der Waals surface area contributed by atoms with Gasteiger partial charge in [0.15, 0.2) is 0 Å². The van der Waals surface area contributed by atoms with Gasteiger partial charge < -0.3 is 0 Å². The molecule has 0 radical (unpaired) electrons. The van der Waals surface area contributed by atoms with Crippen molar-refractivity contribution in [3.05, 3.63) is 35.4 Å². The summed E-state index contributed by atoms with van der Waals surface area (Å²) >= 11 is 3.61. The van der Waals surface area contributed by atoms with Crippen LogP contribution in [0.4, 0.5) is 0 Å². The predicted molar refractivity (Wildman–Crippen MR) is 67.1 cm³/mol. The van der Waals surface area contributed by atoms with Crippen LogP contribution in [0.5, 0.6) is 0 Å². The number of halogens is 1. The first-order chi connectivity index (χ1) is 6.59. The van der Waals surface area contributed by atoms with Gasteiger partial charge in [-0.3, -0.25) is 0 Å². The Morgan fingerprint density at radius 3 is 2.57 bits per heavy atom. The molecular weight excluding hydrogens is 236 g/mol. The summed E-state index contributed by atoms with van der Waals surface area (Å²) < 4.78 is 0. The van der Waals surface area contributed by atoms with Gasteiger partial charge in [0.25, 0.3) is 0 Å². The molecule has 1 unspecified atom stereocenters. The van der Waals surface area contributed by atoms with E-state index in [1.165, 1.54) is 17.5 Å². The lowest BCUT2D eigenvalue weighted by Crippen LogP contribution is -2.20. The summed E-state index contributed by atoms with van der Waals surface area (Å²) in [6.07, 6.45) is 2.38. The third-order valence-corrected chi connectivity index (χ3v) is 4.24. The Kier molecular flexibility index (Phi) is 4.18. The average molecular weight is 255 g/mol. The van der Waals surface area contributed by atoms with Crippen LogP contribution in [0.25, 0.3) is 0 Å². The maximum atomic E-state index is 3.61. The van der Waals surface area contributed by atoms with E-state index in [-0.39, 0.29) is 0 Å². The van der Waals surface area contributed by atoms with Crippen molar-refractivity contribution in [1.29, 1.82) is 0 Å². The van der Waals surface area contributed by atoms with Gasteiger partial charge in [-0.15, -0.1) is 0 Å². The first-order valence-electron chi connectivity index (χ1n) is 5.21. The number of alkyl halides is 1. The molecular formula is C13H19Br. The second kappa shape index (κ2) is 4.97. The first kappa shape index (κ1) is 11.8. The lowest BCUT2D eigenvalue weighted by atomic mass is 9.83. The highest BCUT2D eigenvalue weighted by atomic mass is 79.9. The average Bonchev–Trinajstić information content (AvgIpc) is 2.18. The molecule has 0 aliphatic carbocycles. The minimum Gasteiger partial charge on any atom is -0.0922 e. The highest BCUT2D eigenvalue weighted by Crippen LogP contribution is 2.28. The number of hydrogen-bond donors (Lipinski definition) is 0. The van der Waals surface area contributed by atoms with Crippen LogP contribution in [-0.2, 0) is 6.42 Å². The van der Waals surface area contributed by atoms with Crippen molar-refractivity contribution < 1.29 is 0 Å². The molecule has 0 saturated carbocycles. The van der Waals surface area contributed by atoms with Crippen LogP contribution in [0.3, 0.4) is 0 Å². The lowest BCUT2D eigenvalue weighted by molar-refractivity contribution is 0.361. The molecule has 0 saturated heterocycles. The van der Waals surface area contributed by atoms with Crippen molar-refractivity contribution in [2.24, 2.45) is 5.41 Å². The molecule has 0 N–H and O–H groups in total. The Balaban J connectivity index is 2.77. The Hall–Kier alpha value is -0.300. The maximum absolute atomic E-state index is 3.61. The Bertz CT molecular complexity index is 287. The molecule has 78 valence electrons. The first-order valence-corrected chi connectivity index (χ1v) is 6.33. The van der Waals surface area contributed by atoms with Crippen LogP contribution >= 0.6 is 15.9 Å². The minimum absolute atomic E-state index is 0.397. The molecule has 0 aliphatic heterocycles. The van der Waals surface area contributed by atoms with Crippen LogP contribution in [0.15, 0.2) is 24.3 Å². The van der Waals surface area contributed by atoms with E-state index >= 15 is 0 Å². The van der Waals surface area contributed by atoms with Crippen LogP contribution in [0.1, 0.15) is 31.4 Å². The minimum atomic E-state index is 0.397. The second-order valence-corrected chi connectivity index (χ2v) is 5.02. The molecule has 0 bridgehead atoms. The Morgan fingerprint density at radius 2 is 2.07 bits per heavy atom. The van der Waals surface area contributed by atoms with Gasteiger partial charge in [-0.05, 0) is 30.7 Å². The Labute approximate surface area is 95.9 Å². The van der Waals surface area contributed by atoms with Crippen molar-refractivity contribution in [1.82, 2.24) is 0 Å². The van der Waals surface area contributed by atoms with Crippen molar-refractivity contribution in [2.45, 2.75) is 33.6 Å². The van der Waals surface area contributed by atoms with E-state index in [2.05, 4.69) is 61.0 Å². The fourth-order valence-corrected chi connectivity index (χ4v) is 2.18. The van der Waals surface area contributed by atoms with Crippen molar-refractivity contribution in [2.75, 3.05) is 5.33 Å². The molecule has 1 rings (SSSR count). The summed E-state index contributed by atoms with van der Waals surface area (Å²) in [5.41, 5.74) is 3.21. The van der Waals surface area contributed by atoms with E-state index in [4.69, 9.17) is 0 Å². The van der Waals surface area contributed by atoms with E-state index in [0.29, 0.717) is 5.41 Å². The van der Waals surface area contributed by atoms with Gasteiger partial charge in [-0.25, -0.2) is 0 Å². The van der Waals surface area contributed by atoms with Crippen molar-refractivity contribution in [3.63, 3.8) is 0 Å². The number of benzene rings is 1. The summed E-state index contributed by atoms with van der Waals surface area (Å²) in [5.74, 6) is 0. The Morgan fingerprint density at radius 1 is 1.36 bits per heavy atom. The number of aryl methyl sites for hydroxylation is 1. The molecule has 0 nitrogen and oxygen atoms in total.